The molecule has 15 heavy (non-hydrogen) atoms. The second-order valence-corrected chi connectivity index (χ2v) is 4.87. The minimum absolute atomic E-state index is 0.126. The maximum absolute atomic E-state index is 5.94. The molecule has 4 heteroatoms. The van der Waals surface area contributed by atoms with Crippen LogP contribution in [0.5, 0.6) is 0 Å². The van der Waals surface area contributed by atoms with Gasteiger partial charge in [0.05, 0.1) is 6.04 Å². The van der Waals surface area contributed by atoms with Crippen molar-refractivity contribution in [2.24, 2.45) is 17.6 Å². The van der Waals surface area contributed by atoms with E-state index >= 15 is 0 Å². The number of nitrogens with zero attached hydrogens (tertiary/aromatic N) is 2. The Morgan fingerprint density at radius 1 is 1.13 bits per heavy atom. The van der Waals surface area contributed by atoms with E-state index in [1.165, 1.54) is 0 Å². The van der Waals surface area contributed by atoms with E-state index in [4.69, 9.17) is 10.2 Å². The Morgan fingerprint density at radius 3 is 2.33 bits per heavy atom. The van der Waals surface area contributed by atoms with Gasteiger partial charge in [0, 0.05) is 6.42 Å². The Hall–Kier alpha value is -0.900. The van der Waals surface area contributed by atoms with Crippen LogP contribution in [0.15, 0.2) is 4.42 Å². The first-order chi connectivity index (χ1) is 6.99. The first-order valence-electron chi connectivity index (χ1n) is 5.57. The highest BCUT2D eigenvalue weighted by molar-refractivity contribution is 4.89. The normalized spacial score (nSPS) is 13.8. The summed E-state index contributed by atoms with van der Waals surface area (Å²) in [6.07, 6.45) is 1.70. The van der Waals surface area contributed by atoms with Crippen LogP contribution in [0.1, 0.15) is 51.9 Å². The topological polar surface area (TPSA) is 64.9 Å². The lowest BCUT2D eigenvalue weighted by atomic mass is 10.0. The van der Waals surface area contributed by atoms with Gasteiger partial charge < -0.3 is 10.2 Å². The summed E-state index contributed by atoms with van der Waals surface area (Å²) in [6, 6.07) is -0.126. The highest BCUT2D eigenvalue weighted by Crippen LogP contribution is 2.18. The molecule has 86 valence electrons. The van der Waals surface area contributed by atoms with Crippen molar-refractivity contribution in [3.05, 3.63) is 11.8 Å². The van der Waals surface area contributed by atoms with E-state index in [1.807, 2.05) is 0 Å². The van der Waals surface area contributed by atoms with Gasteiger partial charge in [-0.3, -0.25) is 0 Å². The Balaban J connectivity index is 2.58. The third kappa shape index (κ3) is 4.00. The molecule has 0 bridgehead atoms. The van der Waals surface area contributed by atoms with Crippen molar-refractivity contribution in [3.63, 3.8) is 0 Å². The molecule has 2 N–H and O–H groups in total. The molecular weight excluding hydrogens is 190 g/mol. The van der Waals surface area contributed by atoms with E-state index in [0.717, 1.165) is 12.8 Å². The molecule has 0 aliphatic carbocycles. The summed E-state index contributed by atoms with van der Waals surface area (Å²) in [5, 5.41) is 7.97. The number of hydrogen-bond acceptors (Lipinski definition) is 4. The van der Waals surface area contributed by atoms with E-state index in [9.17, 15) is 0 Å². The zero-order valence-electron chi connectivity index (χ0n) is 10.0. The van der Waals surface area contributed by atoms with E-state index in [1.54, 1.807) is 0 Å². The van der Waals surface area contributed by atoms with E-state index in [0.29, 0.717) is 23.6 Å². The summed E-state index contributed by atoms with van der Waals surface area (Å²) in [4.78, 5) is 0. The molecule has 0 saturated carbocycles. The van der Waals surface area contributed by atoms with Gasteiger partial charge in [-0.15, -0.1) is 10.2 Å². The summed E-state index contributed by atoms with van der Waals surface area (Å²) < 4.78 is 5.51. The van der Waals surface area contributed by atoms with Crippen LogP contribution in [0.3, 0.4) is 0 Å². The Kier molecular flexibility index (Phi) is 4.27. The molecule has 4 nitrogen and oxygen atoms in total. The second kappa shape index (κ2) is 5.26. The molecule has 1 rings (SSSR count). The lowest BCUT2D eigenvalue weighted by molar-refractivity contribution is 0.374. The van der Waals surface area contributed by atoms with Gasteiger partial charge in [0.1, 0.15) is 0 Å². The minimum Gasteiger partial charge on any atom is -0.424 e. The van der Waals surface area contributed by atoms with Gasteiger partial charge in [-0.25, -0.2) is 0 Å². The van der Waals surface area contributed by atoms with Crippen molar-refractivity contribution < 1.29 is 4.42 Å². The summed E-state index contributed by atoms with van der Waals surface area (Å²) in [5.41, 5.74) is 5.94. The molecule has 1 unspecified atom stereocenters. The molecule has 0 aliphatic rings. The van der Waals surface area contributed by atoms with Crippen LogP contribution in [0.25, 0.3) is 0 Å². The zero-order valence-corrected chi connectivity index (χ0v) is 10.0. The van der Waals surface area contributed by atoms with E-state index in [2.05, 4.69) is 37.9 Å². The largest absolute Gasteiger partial charge is 0.424 e. The molecule has 0 fully saturated rings. The molecule has 0 aromatic carbocycles. The monoisotopic (exact) mass is 211 g/mol. The second-order valence-electron chi connectivity index (χ2n) is 4.87. The molecule has 0 spiro atoms. The summed E-state index contributed by atoms with van der Waals surface area (Å²) in [7, 11) is 0. The van der Waals surface area contributed by atoms with Crippen LogP contribution in [0.2, 0.25) is 0 Å². The van der Waals surface area contributed by atoms with Crippen LogP contribution in [-0.2, 0) is 6.42 Å². The predicted octanol–water partition coefficient (Wildman–Crippen LogP) is 2.31. The molecule has 0 amide bonds. The molecule has 0 aliphatic heterocycles. The lowest BCUT2D eigenvalue weighted by Crippen LogP contribution is -2.13. The molecule has 0 saturated heterocycles. The highest BCUT2D eigenvalue weighted by atomic mass is 16.4. The highest BCUT2D eigenvalue weighted by Gasteiger charge is 2.15. The van der Waals surface area contributed by atoms with Gasteiger partial charge >= 0.3 is 0 Å². The molecule has 0 radical (unpaired) electrons. The summed E-state index contributed by atoms with van der Waals surface area (Å²) >= 11 is 0. The number of nitrogens with two attached hydrogens (primary N) is 1. The number of aromatic nitrogens is 2. The average molecular weight is 211 g/mol. The van der Waals surface area contributed by atoms with Crippen molar-refractivity contribution in [3.8, 4) is 0 Å². The lowest BCUT2D eigenvalue weighted by Gasteiger charge is -2.08. The Morgan fingerprint density at radius 2 is 1.80 bits per heavy atom. The number of hydrogen-bond donors (Lipinski definition) is 1. The van der Waals surface area contributed by atoms with Gasteiger partial charge in [0.25, 0.3) is 0 Å². The maximum atomic E-state index is 5.94. The summed E-state index contributed by atoms with van der Waals surface area (Å²) in [6.45, 7) is 8.51. The standard InChI is InChI=1S/C11H21N3O/c1-7(2)5-9(12)11-14-13-10(15-11)6-8(3)4/h7-9H,5-6,12H2,1-4H3. The molecular formula is C11H21N3O. The quantitative estimate of drug-likeness (QED) is 0.811. The smallest absolute Gasteiger partial charge is 0.233 e. The third-order valence-electron chi connectivity index (χ3n) is 2.11. The van der Waals surface area contributed by atoms with Crippen molar-refractivity contribution in [2.75, 3.05) is 0 Å². The van der Waals surface area contributed by atoms with Crippen LogP contribution in [-0.4, -0.2) is 10.2 Å². The first kappa shape index (κ1) is 12.2. The van der Waals surface area contributed by atoms with Gasteiger partial charge in [-0.1, -0.05) is 27.7 Å². The first-order valence-corrected chi connectivity index (χ1v) is 5.57. The Bertz CT molecular complexity index is 294. The van der Waals surface area contributed by atoms with E-state index in [-0.39, 0.29) is 6.04 Å². The van der Waals surface area contributed by atoms with Crippen molar-refractivity contribution in [2.45, 2.75) is 46.6 Å². The van der Waals surface area contributed by atoms with Crippen molar-refractivity contribution in [1.29, 1.82) is 0 Å². The van der Waals surface area contributed by atoms with Crippen LogP contribution < -0.4 is 5.73 Å². The zero-order chi connectivity index (χ0) is 11.4. The Labute approximate surface area is 91.3 Å². The fourth-order valence-corrected chi connectivity index (χ4v) is 1.46. The molecule has 1 aromatic rings. The predicted molar refractivity (Wildman–Crippen MR) is 59.2 cm³/mol. The van der Waals surface area contributed by atoms with Crippen LogP contribution in [0, 0.1) is 11.8 Å². The maximum Gasteiger partial charge on any atom is 0.233 e. The SMILES string of the molecule is CC(C)Cc1nnc(C(N)CC(C)C)o1. The van der Waals surface area contributed by atoms with E-state index < -0.39 is 0 Å². The average Bonchev–Trinajstić information content (AvgIpc) is 2.50. The van der Waals surface area contributed by atoms with Gasteiger partial charge in [-0.05, 0) is 18.3 Å². The molecule has 1 atom stereocenters. The third-order valence-corrected chi connectivity index (χ3v) is 2.11. The fraction of sp³-hybridized carbons (Fsp3) is 0.818. The van der Waals surface area contributed by atoms with Gasteiger partial charge in [-0.2, -0.15) is 0 Å². The van der Waals surface area contributed by atoms with Crippen molar-refractivity contribution >= 4 is 0 Å². The molecule has 1 aromatic heterocycles. The number of rotatable bonds is 5. The minimum atomic E-state index is -0.126. The molecule has 1 heterocycles. The van der Waals surface area contributed by atoms with Crippen LogP contribution >= 0.6 is 0 Å². The van der Waals surface area contributed by atoms with Gasteiger partial charge in [0.2, 0.25) is 11.8 Å². The van der Waals surface area contributed by atoms with Gasteiger partial charge in [0.15, 0.2) is 0 Å². The van der Waals surface area contributed by atoms with Crippen LogP contribution in [0.4, 0.5) is 0 Å². The van der Waals surface area contributed by atoms with Crippen molar-refractivity contribution in [1.82, 2.24) is 10.2 Å². The fourth-order valence-electron chi connectivity index (χ4n) is 1.46. The summed E-state index contributed by atoms with van der Waals surface area (Å²) in [5.74, 6) is 2.33.